The van der Waals surface area contributed by atoms with Crippen LogP contribution >= 0.6 is 0 Å². The summed E-state index contributed by atoms with van der Waals surface area (Å²) in [6, 6.07) is 6.07. The number of rotatable bonds is 7. The van der Waals surface area contributed by atoms with Crippen molar-refractivity contribution in [1.82, 2.24) is 15.6 Å². The van der Waals surface area contributed by atoms with E-state index in [9.17, 15) is 0 Å². The van der Waals surface area contributed by atoms with Gasteiger partial charge < -0.3 is 10.6 Å². The molecule has 0 amide bonds. The summed E-state index contributed by atoms with van der Waals surface area (Å²) >= 11 is 0. The number of guanidine groups is 1. The molecule has 3 atom stereocenters. The van der Waals surface area contributed by atoms with Crippen molar-refractivity contribution in [2.45, 2.75) is 45.4 Å². The monoisotopic (exact) mass is 314 g/mol. The van der Waals surface area contributed by atoms with Gasteiger partial charge in [-0.25, -0.2) is 0 Å². The molecule has 3 rings (SSSR count). The zero-order chi connectivity index (χ0) is 15.9. The third-order valence-electron chi connectivity index (χ3n) is 5.40. The van der Waals surface area contributed by atoms with Crippen molar-refractivity contribution in [2.75, 3.05) is 19.6 Å². The second-order valence-corrected chi connectivity index (χ2v) is 6.98. The lowest BCUT2D eigenvalue weighted by atomic mass is 9.86. The molecule has 1 aromatic rings. The van der Waals surface area contributed by atoms with Crippen molar-refractivity contribution in [2.24, 2.45) is 22.7 Å². The first-order valence-electron chi connectivity index (χ1n) is 9.27. The van der Waals surface area contributed by atoms with E-state index in [2.05, 4.69) is 28.6 Å². The number of aliphatic imine (C=N–C) groups is 1. The molecule has 2 fully saturated rings. The van der Waals surface area contributed by atoms with E-state index < -0.39 is 0 Å². The van der Waals surface area contributed by atoms with Crippen molar-refractivity contribution in [3.8, 4) is 0 Å². The highest BCUT2D eigenvalue weighted by Crippen LogP contribution is 2.49. The normalized spacial score (nSPS) is 26.5. The van der Waals surface area contributed by atoms with Crippen LogP contribution in [-0.2, 0) is 6.42 Å². The molecular formula is C19H30N4. The summed E-state index contributed by atoms with van der Waals surface area (Å²) in [5, 5.41) is 6.77. The van der Waals surface area contributed by atoms with Crippen LogP contribution in [0.2, 0.25) is 0 Å². The number of hydrogen-bond donors (Lipinski definition) is 2. The summed E-state index contributed by atoms with van der Waals surface area (Å²) in [7, 11) is 0. The van der Waals surface area contributed by atoms with Gasteiger partial charge in [0.2, 0.25) is 0 Å². The van der Waals surface area contributed by atoms with Crippen LogP contribution in [0.4, 0.5) is 0 Å². The van der Waals surface area contributed by atoms with Crippen LogP contribution in [0.5, 0.6) is 0 Å². The zero-order valence-corrected chi connectivity index (χ0v) is 14.3. The van der Waals surface area contributed by atoms with Crippen LogP contribution in [0.25, 0.3) is 0 Å². The van der Waals surface area contributed by atoms with Gasteiger partial charge in [-0.2, -0.15) is 0 Å². The van der Waals surface area contributed by atoms with Gasteiger partial charge in [-0.3, -0.25) is 9.98 Å². The number of fused-ring (bicyclic) bond motifs is 2. The Labute approximate surface area is 140 Å². The Bertz CT molecular complexity index is 499. The molecule has 0 radical (unpaired) electrons. The number of nitrogens with zero attached hydrogens (tertiary/aromatic N) is 2. The highest BCUT2D eigenvalue weighted by molar-refractivity contribution is 5.79. The van der Waals surface area contributed by atoms with E-state index in [0.717, 1.165) is 55.5 Å². The van der Waals surface area contributed by atoms with Crippen LogP contribution in [-0.4, -0.2) is 30.6 Å². The summed E-state index contributed by atoms with van der Waals surface area (Å²) in [4.78, 5) is 9.12. The lowest BCUT2D eigenvalue weighted by molar-refractivity contribution is 0.318. The molecule has 0 spiro atoms. The summed E-state index contributed by atoms with van der Waals surface area (Å²) < 4.78 is 0. The van der Waals surface area contributed by atoms with Crippen molar-refractivity contribution < 1.29 is 0 Å². The Morgan fingerprint density at radius 2 is 2.22 bits per heavy atom. The highest BCUT2D eigenvalue weighted by atomic mass is 15.2. The van der Waals surface area contributed by atoms with Gasteiger partial charge in [0, 0.05) is 37.9 Å². The van der Waals surface area contributed by atoms with Gasteiger partial charge in [-0.15, -0.1) is 0 Å². The molecule has 3 unspecified atom stereocenters. The predicted octanol–water partition coefficient (Wildman–Crippen LogP) is 3.01. The maximum absolute atomic E-state index is 4.77. The summed E-state index contributed by atoms with van der Waals surface area (Å²) in [5.74, 6) is 3.94. The number of hydrogen-bond acceptors (Lipinski definition) is 2. The fourth-order valence-electron chi connectivity index (χ4n) is 4.27. The molecule has 2 saturated carbocycles. The van der Waals surface area contributed by atoms with Crippen LogP contribution in [0.1, 0.15) is 44.7 Å². The number of nitrogens with one attached hydrogen (secondary N) is 2. The number of aromatic nitrogens is 1. The molecule has 2 aliphatic rings. The maximum Gasteiger partial charge on any atom is 0.191 e. The molecule has 126 valence electrons. The smallest absolute Gasteiger partial charge is 0.191 e. The largest absolute Gasteiger partial charge is 0.357 e. The third kappa shape index (κ3) is 4.69. The van der Waals surface area contributed by atoms with E-state index in [-0.39, 0.29) is 0 Å². The number of pyridine rings is 1. The fourth-order valence-corrected chi connectivity index (χ4v) is 4.27. The first kappa shape index (κ1) is 16.3. The molecule has 2 N–H and O–H groups in total. The fraction of sp³-hybridized carbons (Fsp3) is 0.684. The van der Waals surface area contributed by atoms with E-state index >= 15 is 0 Å². The lowest BCUT2D eigenvalue weighted by Gasteiger charge is -2.20. The Hall–Kier alpha value is -1.58. The molecule has 4 heteroatoms. The highest BCUT2D eigenvalue weighted by Gasteiger charge is 2.38. The average molecular weight is 314 g/mol. The molecule has 0 aromatic carbocycles. The van der Waals surface area contributed by atoms with Crippen molar-refractivity contribution >= 4 is 5.96 Å². The maximum atomic E-state index is 4.77. The first-order chi connectivity index (χ1) is 11.3. The minimum absolute atomic E-state index is 0.872. The minimum atomic E-state index is 0.872. The van der Waals surface area contributed by atoms with E-state index in [4.69, 9.17) is 4.99 Å². The first-order valence-corrected chi connectivity index (χ1v) is 9.27. The molecule has 0 saturated heterocycles. The van der Waals surface area contributed by atoms with Gasteiger partial charge in [-0.1, -0.05) is 12.5 Å². The van der Waals surface area contributed by atoms with Gasteiger partial charge >= 0.3 is 0 Å². The van der Waals surface area contributed by atoms with Gasteiger partial charge in [-0.05, 0) is 62.5 Å². The van der Waals surface area contributed by atoms with E-state index in [1.807, 2.05) is 18.3 Å². The van der Waals surface area contributed by atoms with E-state index in [1.165, 1.54) is 32.1 Å². The van der Waals surface area contributed by atoms with Crippen molar-refractivity contribution in [3.63, 3.8) is 0 Å². The molecule has 1 aromatic heterocycles. The predicted molar refractivity (Wildman–Crippen MR) is 95.5 cm³/mol. The Kier molecular flexibility index (Phi) is 5.89. The summed E-state index contributed by atoms with van der Waals surface area (Å²) in [6.07, 6.45) is 9.96. The standard InChI is InChI=1S/C19H30N4/c1-2-20-19(23-12-9-18-5-3-4-10-21-18)22-11-8-17-14-15-6-7-16(17)13-15/h3-5,10,15-17H,2,6-9,11-14H2,1H3,(H2,20,22,23). The Morgan fingerprint density at radius 1 is 1.26 bits per heavy atom. The van der Waals surface area contributed by atoms with Crippen LogP contribution < -0.4 is 10.6 Å². The second kappa shape index (κ2) is 8.32. The van der Waals surface area contributed by atoms with Crippen molar-refractivity contribution in [1.29, 1.82) is 0 Å². The molecule has 0 aliphatic heterocycles. The second-order valence-electron chi connectivity index (χ2n) is 6.98. The van der Waals surface area contributed by atoms with Gasteiger partial charge in [0.25, 0.3) is 0 Å². The quantitative estimate of drug-likeness (QED) is 0.601. The van der Waals surface area contributed by atoms with Crippen LogP contribution in [0, 0.1) is 17.8 Å². The SMILES string of the molecule is CCNC(=NCCC1CC2CCC1C2)NCCc1ccccn1. The Morgan fingerprint density at radius 3 is 2.91 bits per heavy atom. The average Bonchev–Trinajstić information content (AvgIpc) is 3.19. The molecule has 23 heavy (non-hydrogen) atoms. The zero-order valence-electron chi connectivity index (χ0n) is 14.3. The van der Waals surface area contributed by atoms with Gasteiger partial charge in [0.05, 0.1) is 0 Å². The topological polar surface area (TPSA) is 49.3 Å². The summed E-state index contributed by atoms with van der Waals surface area (Å²) in [6.45, 7) is 4.85. The molecule has 1 heterocycles. The Balaban J connectivity index is 1.40. The van der Waals surface area contributed by atoms with E-state index in [1.54, 1.807) is 0 Å². The molecule has 2 aliphatic carbocycles. The van der Waals surface area contributed by atoms with Crippen LogP contribution in [0.15, 0.2) is 29.4 Å². The van der Waals surface area contributed by atoms with Gasteiger partial charge in [0.1, 0.15) is 0 Å². The molecule has 4 nitrogen and oxygen atoms in total. The van der Waals surface area contributed by atoms with Crippen LogP contribution in [0.3, 0.4) is 0 Å². The molecular weight excluding hydrogens is 284 g/mol. The minimum Gasteiger partial charge on any atom is -0.357 e. The summed E-state index contributed by atoms with van der Waals surface area (Å²) in [5.41, 5.74) is 1.12. The molecule has 2 bridgehead atoms. The van der Waals surface area contributed by atoms with Gasteiger partial charge in [0.15, 0.2) is 5.96 Å². The van der Waals surface area contributed by atoms with E-state index in [0.29, 0.717) is 0 Å². The third-order valence-corrected chi connectivity index (χ3v) is 5.40. The van der Waals surface area contributed by atoms with Crippen molar-refractivity contribution in [3.05, 3.63) is 30.1 Å². The lowest BCUT2D eigenvalue weighted by Crippen LogP contribution is -2.38.